The van der Waals surface area contributed by atoms with Crippen LogP contribution in [0.3, 0.4) is 0 Å². The van der Waals surface area contributed by atoms with Gasteiger partial charge in [-0.2, -0.15) is 8.75 Å². The molecule has 0 fully saturated rings. The van der Waals surface area contributed by atoms with Crippen molar-refractivity contribution >= 4 is 62.8 Å². The summed E-state index contributed by atoms with van der Waals surface area (Å²) in [6.07, 6.45) is 0. The number of hydrogen-bond acceptors (Lipinski definition) is 8. The van der Waals surface area contributed by atoms with E-state index in [1.807, 2.05) is 26.0 Å². The fourth-order valence-corrected chi connectivity index (χ4v) is 4.27. The molecule has 0 radical (unpaired) electrons. The molecule has 5 rings (SSSR count). The van der Waals surface area contributed by atoms with E-state index < -0.39 is 0 Å². The summed E-state index contributed by atoms with van der Waals surface area (Å²) in [5.41, 5.74) is 6.24. The molecule has 0 aliphatic rings. The van der Waals surface area contributed by atoms with Gasteiger partial charge >= 0.3 is 0 Å². The van der Waals surface area contributed by atoms with E-state index >= 15 is 0 Å². The largest absolute Gasteiger partial charge is 0.507 e. The highest BCUT2D eigenvalue weighted by Crippen LogP contribution is 2.34. The van der Waals surface area contributed by atoms with Crippen LogP contribution in [-0.4, -0.2) is 29.9 Å². The molecule has 10 heteroatoms. The minimum Gasteiger partial charge on any atom is -0.507 e. The van der Waals surface area contributed by atoms with E-state index in [4.69, 9.17) is 16.6 Å². The topological polar surface area (TPSA) is 113 Å². The lowest BCUT2D eigenvalue weighted by Gasteiger charge is -2.11. The van der Waals surface area contributed by atoms with Gasteiger partial charge in [-0.05, 0) is 73.6 Å². The highest BCUT2D eigenvalue weighted by atomic mass is 32.1. The second-order valence-electron chi connectivity index (χ2n) is 7.56. The van der Waals surface area contributed by atoms with Crippen LogP contribution >= 0.6 is 23.9 Å². The van der Waals surface area contributed by atoms with Crippen LogP contribution in [-0.2, 0) is 0 Å². The number of aromatic nitrogens is 3. The lowest BCUT2D eigenvalue weighted by atomic mass is 10.1. The molecular weight excluding hydrogens is 458 g/mol. The van der Waals surface area contributed by atoms with Crippen molar-refractivity contribution in [1.82, 2.24) is 19.0 Å². The van der Waals surface area contributed by atoms with Crippen LogP contribution in [0, 0.1) is 13.8 Å². The van der Waals surface area contributed by atoms with Crippen molar-refractivity contribution in [1.29, 1.82) is 0 Å². The van der Waals surface area contributed by atoms with E-state index in [1.165, 1.54) is 6.07 Å². The first kappa shape index (κ1) is 21.0. The standard InChI is InChI=1S/C23H17N5O3S2/c1-11-7-12(2)20-18(8-11)25-22(31-20)15-5-4-14(10-19(15)29)24-23(32)26-21(30)13-3-6-16-17(9-13)28-33-27-16/h3-10,29H,1-2H3,(H2,24,26,30,32). The van der Waals surface area contributed by atoms with E-state index in [2.05, 4.69) is 24.4 Å². The zero-order chi connectivity index (χ0) is 23.1. The van der Waals surface area contributed by atoms with Crippen molar-refractivity contribution in [3.63, 3.8) is 0 Å². The molecule has 3 N–H and O–H groups in total. The Morgan fingerprint density at radius 1 is 1.03 bits per heavy atom. The predicted molar refractivity (Wildman–Crippen MR) is 132 cm³/mol. The third-order valence-corrected chi connectivity index (χ3v) is 5.81. The zero-order valence-corrected chi connectivity index (χ0v) is 19.2. The Kier molecular flexibility index (Phi) is 5.23. The first-order valence-electron chi connectivity index (χ1n) is 9.93. The zero-order valence-electron chi connectivity index (χ0n) is 17.5. The Balaban J connectivity index is 1.31. The van der Waals surface area contributed by atoms with Gasteiger partial charge in [0.2, 0.25) is 5.89 Å². The Morgan fingerprint density at radius 3 is 2.67 bits per heavy atom. The summed E-state index contributed by atoms with van der Waals surface area (Å²) in [5.74, 6) is -0.0810. The van der Waals surface area contributed by atoms with E-state index in [1.54, 1.807) is 30.3 Å². The smallest absolute Gasteiger partial charge is 0.257 e. The Bertz CT molecular complexity index is 1560. The maximum Gasteiger partial charge on any atom is 0.257 e. The Labute approximate surface area is 197 Å². The van der Waals surface area contributed by atoms with Gasteiger partial charge in [0.1, 0.15) is 22.3 Å². The summed E-state index contributed by atoms with van der Waals surface area (Å²) in [6.45, 7) is 3.95. The number of rotatable bonds is 3. The van der Waals surface area contributed by atoms with Gasteiger partial charge < -0.3 is 14.8 Å². The van der Waals surface area contributed by atoms with Crippen LogP contribution in [0.5, 0.6) is 5.75 Å². The number of oxazole rings is 1. The van der Waals surface area contributed by atoms with E-state index in [9.17, 15) is 9.90 Å². The van der Waals surface area contributed by atoms with Crippen LogP contribution in [0.1, 0.15) is 21.5 Å². The van der Waals surface area contributed by atoms with Gasteiger partial charge in [0.25, 0.3) is 5.91 Å². The summed E-state index contributed by atoms with van der Waals surface area (Å²) < 4.78 is 14.1. The maximum absolute atomic E-state index is 12.5. The predicted octanol–water partition coefficient (Wildman–Crippen LogP) is 4.95. The molecule has 2 aromatic heterocycles. The van der Waals surface area contributed by atoms with Crippen molar-refractivity contribution in [2.75, 3.05) is 5.32 Å². The summed E-state index contributed by atoms with van der Waals surface area (Å²) in [7, 11) is 0. The van der Waals surface area contributed by atoms with Crippen LogP contribution in [0.4, 0.5) is 5.69 Å². The molecule has 2 heterocycles. The van der Waals surface area contributed by atoms with Crippen molar-refractivity contribution in [3.05, 3.63) is 65.2 Å². The number of thiocarbonyl (C=S) groups is 1. The molecule has 0 atom stereocenters. The minimum absolute atomic E-state index is 0.0310. The molecule has 0 saturated carbocycles. The normalized spacial score (nSPS) is 11.1. The lowest BCUT2D eigenvalue weighted by Crippen LogP contribution is -2.34. The molecule has 0 unspecified atom stereocenters. The van der Waals surface area contributed by atoms with Crippen LogP contribution < -0.4 is 10.6 Å². The number of phenolic OH excluding ortho intramolecular Hbond substituents is 1. The molecule has 0 bridgehead atoms. The average Bonchev–Trinajstić information content (AvgIpc) is 3.40. The molecule has 0 spiro atoms. The van der Waals surface area contributed by atoms with Crippen molar-refractivity contribution in [2.45, 2.75) is 13.8 Å². The van der Waals surface area contributed by atoms with Gasteiger partial charge in [-0.15, -0.1) is 0 Å². The molecule has 33 heavy (non-hydrogen) atoms. The molecule has 3 aromatic carbocycles. The maximum atomic E-state index is 12.5. The fourth-order valence-electron chi connectivity index (χ4n) is 3.54. The summed E-state index contributed by atoms with van der Waals surface area (Å²) in [6, 6.07) is 13.9. The molecule has 164 valence electrons. The number of amides is 1. The lowest BCUT2D eigenvalue weighted by molar-refractivity contribution is 0.0978. The minimum atomic E-state index is -0.375. The van der Waals surface area contributed by atoms with Gasteiger partial charge in [-0.25, -0.2) is 4.98 Å². The number of nitrogens with one attached hydrogen (secondary N) is 2. The number of hydrogen-bond donors (Lipinski definition) is 3. The number of benzene rings is 3. The Morgan fingerprint density at radius 2 is 1.85 bits per heavy atom. The third-order valence-electron chi connectivity index (χ3n) is 5.05. The van der Waals surface area contributed by atoms with E-state index in [0.717, 1.165) is 33.9 Å². The molecule has 0 saturated heterocycles. The Hall–Kier alpha value is -3.89. The van der Waals surface area contributed by atoms with Crippen molar-refractivity contribution in [3.8, 4) is 17.2 Å². The number of aromatic hydroxyl groups is 1. The second kappa shape index (κ2) is 8.23. The average molecular weight is 476 g/mol. The number of fused-ring (bicyclic) bond motifs is 2. The van der Waals surface area contributed by atoms with Gasteiger partial charge in [-0.3, -0.25) is 10.1 Å². The van der Waals surface area contributed by atoms with Gasteiger partial charge in [0, 0.05) is 17.3 Å². The summed E-state index contributed by atoms with van der Waals surface area (Å²) in [4.78, 5) is 17.0. The van der Waals surface area contributed by atoms with Crippen molar-refractivity contribution in [2.24, 2.45) is 0 Å². The van der Waals surface area contributed by atoms with Gasteiger partial charge in [0.05, 0.1) is 17.3 Å². The third kappa shape index (κ3) is 4.13. The number of aryl methyl sites for hydroxylation is 2. The number of anilines is 1. The molecule has 0 aliphatic heterocycles. The quantitative estimate of drug-likeness (QED) is 0.314. The number of phenols is 1. The number of carbonyl (C=O) groups excluding carboxylic acids is 1. The fraction of sp³-hybridized carbons (Fsp3) is 0.0870. The molecule has 8 nitrogen and oxygen atoms in total. The first-order chi connectivity index (χ1) is 15.9. The van der Waals surface area contributed by atoms with Crippen molar-refractivity contribution < 1.29 is 14.3 Å². The monoisotopic (exact) mass is 475 g/mol. The highest BCUT2D eigenvalue weighted by molar-refractivity contribution is 7.80. The second-order valence-corrected chi connectivity index (χ2v) is 8.49. The first-order valence-corrected chi connectivity index (χ1v) is 11.1. The van der Waals surface area contributed by atoms with E-state index in [0.29, 0.717) is 33.8 Å². The molecule has 0 aliphatic carbocycles. The summed E-state index contributed by atoms with van der Waals surface area (Å²) in [5, 5.41) is 16.2. The highest BCUT2D eigenvalue weighted by Gasteiger charge is 2.15. The van der Waals surface area contributed by atoms with Gasteiger partial charge in [0.15, 0.2) is 10.7 Å². The van der Waals surface area contributed by atoms with Gasteiger partial charge in [-0.1, -0.05) is 6.07 Å². The molecule has 5 aromatic rings. The van der Waals surface area contributed by atoms with Crippen LogP contribution in [0.2, 0.25) is 0 Å². The summed E-state index contributed by atoms with van der Waals surface area (Å²) >= 11 is 6.34. The van der Waals surface area contributed by atoms with E-state index in [-0.39, 0.29) is 16.8 Å². The SMILES string of the molecule is Cc1cc(C)c2oc(-c3ccc(NC(=S)NC(=O)c4ccc5nsnc5c4)cc3O)nc2c1. The molecular formula is C23H17N5O3S2. The van der Waals surface area contributed by atoms with Crippen LogP contribution in [0.25, 0.3) is 33.6 Å². The van der Waals surface area contributed by atoms with Crippen LogP contribution in [0.15, 0.2) is 52.9 Å². The number of nitrogens with zero attached hydrogens (tertiary/aromatic N) is 3. The number of carbonyl (C=O) groups is 1. The molecule has 1 amide bonds.